The first-order valence-corrected chi connectivity index (χ1v) is 7.39. The number of rotatable bonds is 3. The fourth-order valence-electron chi connectivity index (χ4n) is 2.60. The van der Waals surface area contributed by atoms with Crippen molar-refractivity contribution in [2.24, 2.45) is 5.73 Å². The topological polar surface area (TPSA) is 29.3 Å². The van der Waals surface area contributed by atoms with Gasteiger partial charge in [0.05, 0.1) is 0 Å². The number of hydrogen-bond donors (Lipinski definition) is 1. The Balaban J connectivity index is 2.17. The Hall–Kier alpha value is -0.510. The standard InChI is InChI=1S/C14H22N2S/c1-11-10-16(8-9-17-11)14(12(2)15)13-6-4-3-5-7-13/h3-7,11-12,14H,8-10,15H2,1-2H3. The van der Waals surface area contributed by atoms with Crippen molar-refractivity contribution in [2.75, 3.05) is 18.8 Å². The van der Waals surface area contributed by atoms with Crippen molar-refractivity contribution in [3.63, 3.8) is 0 Å². The van der Waals surface area contributed by atoms with Crippen LogP contribution in [0, 0.1) is 0 Å². The zero-order chi connectivity index (χ0) is 12.3. The molecule has 0 aromatic heterocycles. The van der Waals surface area contributed by atoms with Crippen molar-refractivity contribution in [1.82, 2.24) is 4.90 Å². The summed E-state index contributed by atoms with van der Waals surface area (Å²) in [6.07, 6.45) is 0. The van der Waals surface area contributed by atoms with Crippen LogP contribution in [-0.2, 0) is 0 Å². The Morgan fingerprint density at radius 2 is 2.06 bits per heavy atom. The summed E-state index contributed by atoms with van der Waals surface area (Å²) < 4.78 is 0. The Morgan fingerprint density at radius 3 is 2.65 bits per heavy atom. The third-order valence-electron chi connectivity index (χ3n) is 3.31. The molecular weight excluding hydrogens is 228 g/mol. The molecule has 1 aliphatic rings. The van der Waals surface area contributed by atoms with Crippen LogP contribution in [0.4, 0.5) is 0 Å². The molecule has 1 heterocycles. The van der Waals surface area contributed by atoms with E-state index in [1.807, 2.05) is 0 Å². The third-order valence-corrected chi connectivity index (χ3v) is 4.44. The van der Waals surface area contributed by atoms with Crippen LogP contribution in [0.5, 0.6) is 0 Å². The van der Waals surface area contributed by atoms with Crippen LogP contribution in [0.2, 0.25) is 0 Å². The van der Waals surface area contributed by atoms with Crippen LogP contribution in [0.3, 0.4) is 0 Å². The summed E-state index contributed by atoms with van der Waals surface area (Å²) >= 11 is 2.06. The summed E-state index contributed by atoms with van der Waals surface area (Å²) in [5.74, 6) is 1.22. The molecule has 1 aromatic carbocycles. The van der Waals surface area contributed by atoms with Gasteiger partial charge in [0, 0.05) is 36.2 Å². The predicted molar refractivity (Wildman–Crippen MR) is 76.3 cm³/mol. The molecule has 0 radical (unpaired) electrons. The lowest BCUT2D eigenvalue weighted by Crippen LogP contribution is -2.45. The van der Waals surface area contributed by atoms with Crippen LogP contribution in [-0.4, -0.2) is 35.0 Å². The maximum Gasteiger partial charge on any atom is 0.0497 e. The SMILES string of the molecule is CC1CN(C(c2ccccc2)C(C)N)CCS1. The Bertz CT molecular complexity index is 339. The van der Waals surface area contributed by atoms with Gasteiger partial charge in [-0.15, -0.1) is 0 Å². The lowest BCUT2D eigenvalue weighted by molar-refractivity contribution is 0.184. The van der Waals surface area contributed by atoms with Gasteiger partial charge in [-0.1, -0.05) is 37.3 Å². The largest absolute Gasteiger partial charge is 0.326 e. The summed E-state index contributed by atoms with van der Waals surface area (Å²) in [7, 11) is 0. The number of hydrogen-bond acceptors (Lipinski definition) is 3. The van der Waals surface area contributed by atoms with Crippen molar-refractivity contribution < 1.29 is 0 Å². The van der Waals surface area contributed by atoms with Crippen molar-refractivity contribution >= 4 is 11.8 Å². The highest BCUT2D eigenvalue weighted by molar-refractivity contribution is 7.99. The molecule has 2 N–H and O–H groups in total. The summed E-state index contributed by atoms with van der Waals surface area (Å²) in [5.41, 5.74) is 7.55. The molecule has 3 heteroatoms. The second kappa shape index (κ2) is 5.89. The molecular formula is C14H22N2S. The minimum atomic E-state index is 0.174. The van der Waals surface area contributed by atoms with Crippen molar-refractivity contribution in [2.45, 2.75) is 31.2 Å². The molecule has 3 unspecified atom stereocenters. The smallest absolute Gasteiger partial charge is 0.0497 e. The molecule has 3 atom stereocenters. The van der Waals surface area contributed by atoms with E-state index >= 15 is 0 Å². The predicted octanol–water partition coefficient (Wildman–Crippen LogP) is 2.51. The monoisotopic (exact) mass is 250 g/mol. The average molecular weight is 250 g/mol. The van der Waals surface area contributed by atoms with Crippen molar-refractivity contribution in [1.29, 1.82) is 0 Å². The van der Waals surface area contributed by atoms with Gasteiger partial charge in [-0.2, -0.15) is 11.8 Å². The van der Waals surface area contributed by atoms with Gasteiger partial charge < -0.3 is 5.73 Å². The summed E-state index contributed by atoms with van der Waals surface area (Å²) in [6, 6.07) is 11.2. The lowest BCUT2D eigenvalue weighted by Gasteiger charge is -2.39. The van der Waals surface area contributed by atoms with Crippen LogP contribution in [0.15, 0.2) is 30.3 Å². The van der Waals surface area contributed by atoms with Gasteiger partial charge in [-0.05, 0) is 12.5 Å². The van der Waals surface area contributed by atoms with E-state index in [0.29, 0.717) is 11.3 Å². The first-order chi connectivity index (χ1) is 8.18. The van der Waals surface area contributed by atoms with Gasteiger partial charge in [0.2, 0.25) is 0 Å². The molecule has 17 heavy (non-hydrogen) atoms. The van der Waals surface area contributed by atoms with Gasteiger partial charge in [0.1, 0.15) is 0 Å². The van der Waals surface area contributed by atoms with E-state index in [0.717, 1.165) is 13.1 Å². The number of thioether (sulfide) groups is 1. The van der Waals surface area contributed by atoms with Gasteiger partial charge in [-0.3, -0.25) is 4.90 Å². The molecule has 2 nitrogen and oxygen atoms in total. The Morgan fingerprint density at radius 1 is 1.35 bits per heavy atom. The molecule has 0 amide bonds. The van der Waals surface area contributed by atoms with E-state index in [2.05, 4.69) is 60.8 Å². The first-order valence-electron chi connectivity index (χ1n) is 6.34. The highest BCUT2D eigenvalue weighted by Gasteiger charge is 2.27. The minimum absolute atomic E-state index is 0.174. The van der Waals surface area contributed by atoms with Gasteiger partial charge in [0.15, 0.2) is 0 Å². The van der Waals surface area contributed by atoms with Crippen LogP contribution in [0.25, 0.3) is 0 Å². The Kier molecular flexibility index (Phi) is 4.48. The van der Waals surface area contributed by atoms with Crippen molar-refractivity contribution in [3.8, 4) is 0 Å². The molecule has 0 spiro atoms. The number of nitrogens with zero attached hydrogens (tertiary/aromatic N) is 1. The second-order valence-electron chi connectivity index (χ2n) is 4.89. The fourth-order valence-corrected chi connectivity index (χ4v) is 3.63. The zero-order valence-corrected chi connectivity index (χ0v) is 11.5. The Labute approximate surface area is 109 Å². The van der Waals surface area contributed by atoms with E-state index in [1.165, 1.54) is 11.3 Å². The summed E-state index contributed by atoms with van der Waals surface area (Å²) in [6.45, 7) is 6.71. The second-order valence-corrected chi connectivity index (χ2v) is 6.44. The lowest BCUT2D eigenvalue weighted by atomic mass is 9.99. The molecule has 1 aromatic rings. The van der Waals surface area contributed by atoms with Gasteiger partial charge in [-0.25, -0.2) is 0 Å². The first kappa shape index (κ1) is 12.9. The molecule has 0 bridgehead atoms. The highest BCUT2D eigenvalue weighted by Crippen LogP contribution is 2.28. The maximum atomic E-state index is 6.20. The minimum Gasteiger partial charge on any atom is -0.326 e. The van der Waals surface area contributed by atoms with Crippen LogP contribution in [0.1, 0.15) is 25.5 Å². The quantitative estimate of drug-likeness (QED) is 0.894. The van der Waals surface area contributed by atoms with E-state index in [-0.39, 0.29) is 6.04 Å². The molecule has 2 rings (SSSR count). The zero-order valence-electron chi connectivity index (χ0n) is 10.7. The van der Waals surface area contributed by atoms with Gasteiger partial charge >= 0.3 is 0 Å². The molecule has 94 valence electrons. The average Bonchev–Trinajstić information content (AvgIpc) is 2.30. The van der Waals surface area contributed by atoms with Gasteiger partial charge in [0.25, 0.3) is 0 Å². The van der Waals surface area contributed by atoms with E-state index in [4.69, 9.17) is 5.73 Å². The number of benzene rings is 1. The van der Waals surface area contributed by atoms with Crippen LogP contribution >= 0.6 is 11.8 Å². The summed E-state index contributed by atoms with van der Waals surface area (Å²) in [5, 5.41) is 0.716. The van der Waals surface area contributed by atoms with E-state index in [9.17, 15) is 0 Å². The number of nitrogens with two attached hydrogens (primary N) is 1. The van der Waals surface area contributed by atoms with E-state index in [1.54, 1.807) is 0 Å². The molecule has 1 aliphatic heterocycles. The molecule has 1 saturated heterocycles. The molecule has 1 fully saturated rings. The fraction of sp³-hybridized carbons (Fsp3) is 0.571. The molecule has 0 aliphatic carbocycles. The van der Waals surface area contributed by atoms with E-state index < -0.39 is 0 Å². The summed E-state index contributed by atoms with van der Waals surface area (Å²) in [4.78, 5) is 2.54. The maximum absolute atomic E-state index is 6.20. The van der Waals surface area contributed by atoms with Crippen molar-refractivity contribution in [3.05, 3.63) is 35.9 Å². The molecule has 0 saturated carbocycles. The van der Waals surface area contributed by atoms with Crippen LogP contribution < -0.4 is 5.73 Å². The normalized spacial score (nSPS) is 25.5. The highest BCUT2D eigenvalue weighted by atomic mass is 32.2. The third kappa shape index (κ3) is 3.24.